The average molecular weight is 349 g/mol. The molecule has 25 heavy (non-hydrogen) atoms. The monoisotopic (exact) mass is 349 g/mol. The van der Waals surface area contributed by atoms with Gasteiger partial charge in [-0.15, -0.1) is 0 Å². The number of carbonyl (C=O) groups excluding carboxylic acids is 2. The minimum absolute atomic E-state index is 0.00112. The Morgan fingerprint density at radius 2 is 2.00 bits per heavy atom. The van der Waals surface area contributed by atoms with Crippen molar-refractivity contribution in [3.05, 3.63) is 30.3 Å². The predicted molar refractivity (Wildman–Crippen MR) is 94.5 cm³/mol. The van der Waals surface area contributed by atoms with Crippen LogP contribution < -0.4 is 15.4 Å². The second kappa shape index (κ2) is 9.27. The van der Waals surface area contributed by atoms with Gasteiger partial charge >= 0.3 is 6.03 Å². The van der Waals surface area contributed by atoms with Gasteiger partial charge in [-0.2, -0.15) is 0 Å². The Bertz CT molecular complexity index is 565. The van der Waals surface area contributed by atoms with Crippen LogP contribution >= 0.6 is 0 Å². The van der Waals surface area contributed by atoms with Gasteiger partial charge in [0, 0.05) is 26.1 Å². The molecule has 1 saturated heterocycles. The number of methoxy groups -OCH3 is 1. The van der Waals surface area contributed by atoms with E-state index in [2.05, 4.69) is 10.6 Å². The van der Waals surface area contributed by atoms with E-state index in [-0.39, 0.29) is 24.1 Å². The van der Waals surface area contributed by atoms with E-state index in [4.69, 9.17) is 9.47 Å². The van der Waals surface area contributed by atoms with Crippen molar-refractivity contribution >= 4 is 11.9 Å². The Morgan fingerprint density at radius 1 is 1.28 bits per heavy atom. The van der Waals surface area contributed by atoms with Crippen molar-refractivity contribution in [3.8, 4) is 5.75 Å². The SMILES string of the molecule is COCCNC(=O)[C@@H]1C[C@H](Oc2ccccc2)CN1C(=O)NC(C)C. The lowest BCUT2D eigenvalue weighted by Crippen LogP contribution is -2.51. The molecule has 138 valence electrons. The largest absolute Gasteiger partial charge is 0.488 e. The molecule has 0 aliphatic carbocycles. The van der Waals surface area contributed by atoms with Crippen molar-refractivity contribution in [3.63, 3.8) is 0 Å². The summed E-state index contributed by atoms with van der Waals surface area (Å²) >= 11 is 0. The van der Waals surface area contributed by atoms with Crippen molar-refractivity contribution in [2.45, 2.75) is 38.5 Å². The molecule has 1 fully saturated rings. The summed E-state index contributed by atoms with van der Waals surface area (Å²) < 4.78 is 10.9. The van der Waals surface area contributed by atoms with E-state index >= 15 is 0 Å². The summed E-state index contributed by atoms with van der Waals surface area (Å²) in [4.78, 5) is 26.5. The molecule has 7 nitrogen and oxygen atoms in total. The lowest BCUT2D eigenvalue weighted by atomic mass is 10.2. The lowest BCUT2D eigenvalue weighted by molar-refractivity contribution is -0.124. The highest BCUT2D eigenvalue weighted by atomic mass is 16.5. The number of nitrogens with zero attached hydrogens (tertiary/aromatic N) is 1. The molecule has 0 unspecified atom stereocenters. The Balaban J connectivity index is 2.04. The van der Waals surface area contributed by atoms with E-state index in [0.717, 1.165) is 5.75 Å². The Kier molecular flexibility index (Phi) is 7.06. The summed E-state index contributed by atoms with van der Waals surface area (Å²) in [5, 5.41) is 5.65. The minimum Gasteiger partial charge on any atom is -0.488 e. The molecule has 7 heteroatoms. The number of rotatable bonds is 7. The fourth-order valence-corrected chi connectivity index (χ4v) is 2.77. The average Bonchev–Trinajstić information content (AvgIpc) is 2.99. The highest BCUT2D eigenvalue weighted by Crippen LogP contribution is 2.23. The molecule has 1 aliphatic rings. The maximum absolute atomic E-state index is 12.5. The van der Waals surface area contributed by atoms with Gasteiger partial charge in [0.05, 0.1) is 13.2 Å². The number of urea groups is 1. The van der Waals surface area contributed by atoms with Gasteiger partial charge < -0.3 is 25.0 Å². The number of benzene rings is 1. The number of carbonyl (C=O) groups is 2. The summed E-state index contributed by atoms with van der Waals surface area (Å²) in [6.07, 6.45) is 0.234. The Hall–Kier alpha value is -2.28. The molecule has 1 aromatic carbocycles. The second-order valence-corrected chi connectivity index (χ2v) is 6.34. The molecule has 1 aliphatic heterocycles. The van der Waals surface area contributed by atoms with Gasteiger partial charge in [-0.1, -0.05) is 18.2 Å². The number of nitrogens with one attached hydrogen (secondary N) is 2. The molecular weight excluding hydrogens is 322 g/mol. The van der Waals surface area contributed by atoms with Crippen LogP contribution in [-0.2, 0) is 9.53 Å². The van der Waals surface area contributed by atoms with Gasteiger partial charge in [0.2, 0.25) is 5.91 Å². The first-order valence-electron chi connectivity index (χ1n) is 8.56. The van der Waals surface area contributed by atoms with Crippen LogP contribution in [0, 0.1) is 0 Å². The first-order valence-corrected chi connectivity index (χ1v) is 8.56. The van der Waals surface area contributed by atoms with E-state index in [1.54, 1.807) is 12.0 Å². The quantitative estimate of drug-likeness (QED) is 0.729. The molecule has 1 aromatic rings. The molecule has 2 N–H and O–H groups in total. The number of hydrogen-bond donors (Lipinski definition) is 2. The second-order valence-electron chi connectivity index (χ2n) is 6.34. The van der Waals surface area contributed by atoms with Crippen molar-refractivity contribution in [1.29, 1.82) is 0 Å². The van der Waals surface area contributed by atoms with E-state index in [1.165, 1.54) is 0 Å². The van der Waals surface area contributed by atoms with E-state index in [9.17, 15) is 9.59 Å². The van der Waals surface area contributed by atoms with Gasteiger partial charge in [0.15, 0.2) is 0 Å². The molecule has 0 saturated carbocycles. The zero-order chi connectivity index (χ0) is 18.2. The van der Waals surface area contributed by atoms with Crippen LogP contribution in [0.2, 0.25) is 0 Å². The minimum atomic E-state index is -0.552. The van der Waals surface area contributed by atoms with Gasteiger partial charge in [-0.3, -0.25) is 4.79 Å². The first-order chi connectivity index (χ1) is 12.0. The standard InChI is InChI=1S/C18H27N3O4/c1-13(2)20-18(23)21-12-15(25-14-7-5-4-6-8-14)11-16(21)17(22)19-9-10-24-3/h4-8,13,15-16H,9-12H2,1-3H3,(H,19,22)(H,20,23)/t15-,16-/m0/s1. The van der Waals surface area contributed by atoms with Crippen LogP contribution in [0.5, 0.6) is 5.75 Å². The number of ether oxygens (including phenoxy) is 2. The summed E-state index contributed by atoms with van der Waals surface area (Å²) in [6.45, 7) is 4.99. The van der Waals surface area contributed by atoms with Crippen LogP contribution in [0.3, 0.4) is 0 Å². The molecule has 2 atom stereocenters. The molecular formula is C18H27N3O4. The molecule has 3 amide bonds. The molecule has 0 aromatic heterocycles. The normalized spacial score (nSPS) is 19.8. The summed E-state index contributed by atoms with van der Waals surface area (Å²) in [6, 6.07) is 8.62. The van der Waals surface area contributed by atoms with Crippen LogP contribution in [-0.4, -0.2) is 61.8 Å². The molecule has 1 heterocycles. The number of para-hydroxylation sites is 1. The third-order valence-corrected chi connectivity index (χ3v) is 3.89. The zero-order valence-electron chi connectivity index (χ0n) is 15.0. The van der Waals surface area contributed by atoms with Crippen molar-refractivity contribution in [2.75, 3.05) is 26.8 Å². The fourth-order valence-electron chi connectivity index (χ4n) is 2.77. The third kappa shape index (κ3) is 5.63. The van der Waals surface area contributed by atoms with Crippen LogP contribution in [0.25, 0.3) is 0 Å². The Labute approximate surface area is 148 Å². The summed E-state index contributed by atoms with van der Waals surface area (Å²) in [5.74, 6) is 0.548. The van der Waals surface area contributed by atoms with E-state index in [0.29, 0.717) is 26.1 Å². The van der Waals surface area contributed by atoms with Crippen LogP contribution in [0.4, 0.5) is 4.79 Å². The number of likely N-dealkylation sites (tertiary alicyclic amines) is 1. The maximum atomic E-state index is 12.5. The number of hydrogen-bond acceptors (Lipinski definition) is 4. The van der Waals surface area contributed by atoms with Crippen molar-refractivity contribution in [1.82, 2.24) is 15.5 Å². The lowest BCUT2D eigenvalue weighted by Gasteiger charge is -2.25. The highest BCUT2D eigenvalue weighted by Gasteiger charge is 2.40. The predicted octanol–water partition coefficient (Wildman–Crippen LogP) is 1.39. The molecule has 0 bridgehead atoms. The van der Waals surface area contributed by atoms with Gasteiger partial charge in [-0.05, 0) is 26.0 Å². The topological polar surface area (TPSA) is 79.9 Å². The van der Waals surface area contributed by atoms with Crippen molar-refractivity contribution in [2.24, 2.45) is 0 Å². The summed E-state index contributed by atoms with van der Waals surface area (Å²) in [7, 11) is 1.58. The van der Waals surface area contributed by atoms with E-state index in [1.807, 2.05) is 44.2 Å². The molecule has 0 spiro atoms. The fraction of sp³-hybridized carbons (Fsp3) is 0.556. The highest BCUT2D eigenvalue weighted by molar-refractivity contribution is 5.87. The van der Waals surface area contributed by atoms with Crippen molar-refractivity contribution < 1.29 is 19.1 Å². The van der Waals surface area contributed by atoms with Crippen LogP contribution in [0.1, 0.15) is 20.3 Å². The van der Waals surface area contributed by atoms with Gasteiger partial charge in [0.1, 0.15) is 17.9 Å². The van der Waals surface area contributed by atoms with Gasteiger partial charge in [0.25, 0.3) is 0 Å². The zero-order valence-corrected chi connectivity index (χ0v) is 15.0. The Morgan fingerprint density at radius 3 is 2.64 bits per heavy atom. The van der Waals surface area contributed by atoms with E-state index < -0.39 is 6.04 Å². The smallest absolute Gasteiger partial charge is 0.318 e. The molecule has 2 rings (SSSR count). The van der Waals surface area contributed by atoms with Crippen LogP contribution in [0.15, 0.2) is 30.3 Å². The molecule has 0 radical (unpaired) electrons. The number of amides is 3. The maximum Gasteiger partial charge on any atom is 0.318 e. The summed E-state index contributed by atoms with van der Waals surface area (Å²) in [5.41, 5.74) is 0. The van der Waals surface area contributed by atoms with Gasteiger partial charge in [-0.25, -0.2) is 4.79 Å². The first kappa shape index (κ1) is 19.1. The third-order valence-electron chi connectivity index (χ3n) is 3.89.